The van der Waals surface area contributed by atoms with Crippen LogP contribution < -0.4 is 16.2 Å². The van der Waals surface area contributed by atoms with Gasteiger partial charge in [-0.15, -0.1) is 0 Å². The lowest BCUT2D eigenvalue weighted by Crippen LogP contribution is -2.53. The van der Waals surface area contributed by atoms with Crippen molar-refractivity contribution in [2.45, 2.75) is 69.8 Å². The number of pyridine rings is 1. The molecule has 2 aliphatic heterocycles. The van der Waals surface area contributed by atoms with E-state index in [4.69, 9.17) is 0 Å². The van der Waals surface area contributed by atoms with Gasteiger partial charge in [-0.3, -0.25) is 14.5 Å². The average molecular weight is 427 g/mol. The van der Waals surface area contributed by atoms with Gasteiger partial charge in [-0.1, -0.05) is 18.2 Å². The number of amides is 1. The van der Waals surface area contributed by atoms with Crippen LogP contribution in [0.2, 0.25) is 0 Å². The molecule has 4 rings (SSSR count). The standard InChI is InChI=1S/C24H34N4O3/c1-15(2)28-22-7-5-4-6-16(22)10-21(24(28)31)23(30)26-17-11-18-8-9-19(12-17)27(18)14-20(29)13-25-3/h4-7,10,15,17-20,25,29H,8-9,11-14H2,1-3H3,(H,26,30)/t17-,18-,19+,20-/m1/s1. The van der Waals surface area contributed by atoms with Crippen LogP contribution in [0.25, 0.3) is 10.9 Å². The Kier molecular flexibility index (Phi) is 6.46. The fraction of sp³-hybridized carbons (Fsp3) is 0.583. The maximum atomic E-state index is 13.1. The molecule has 7 heteroatoms. The second kappa shape index (κ2) is 9.10. The van der Waals surface area contributed by atoms with E-state index in [0.29, 0.717) is 25.2 Å². The van der Waals surface area contributed by atoms with E-state index in [2.05, 4.69) is 15.5 Å². The summed E-state index contributed by atoms with van der Waals surface area (Å²) in [5, 5.41) is 17.3. The molecular formula is C24H34N4O3. The number of benzene rings is 1. The molecule has 3 N–H and O–H groups in total. The topological polar surface area (TPSA) is 86.6 Å². The predicted octanol–water partition coefficient (Wildman–Crippen LogP) is 1.89. The third-order valence-corrected chi connectivity index (χ3v) is 6.79. The van der Waals surface area contributed by atoms with Gasteiger partial charge in [-0.2, -0.15) is 0 Å². The minimum Gasteiger partial charge on any atom is -0.390 e. The molecule has 1 amide bonds. The van der Waals surface area contributed by atoms with E-state index < -0.39 is 0 Å². The Labute approximate surface area is 183 Å². The number of likely N-dealkylation sites (N-methyl/N-ethyl adjacent to an activating group) is 1. The van der Waals surface area contributed by atoms with Crippen LogP contribution in [0.3, 0.4) is 0 Å². The van der Waals surface area contributed by atoms with Crippen LogP contribution in [-0.2, 0) is 0 Å². The molecule has 0 saturated carbocycles. The Morgan fingerprint density at radius 1 is 1.19 bits per heavy atom. The molecular weight excluding hydrogens is 392 g/mol. The summed E-state index contributed by atoms with van der Waals surface area (Å²) in [4.78, 5) is 28.7. The first-order chi connectivity index (χ1) is 14.9. The normalized spacial score (nSPS) is 24.6. The number of nitrogens with zero attached hydrogens (tertiary/aromatic N) is 2. The van der Waals surface area contributed by atoms with Crippen molar-refractivity contribution >= 4 is 16.8 Å². The Morgan fingerprint density at radius 2 is 1.87 bits per heavy atom. The zero-order valence-electron chi connectivity index (χ0n) is 18.7. The van der Waals surface area contributed by atoms with E-state index in [-0.39, 0.29) is 35.2 Å². The van der Waals surface area contributed by atoms with Gasteiger partial charge in [0.15, 0.2) is 0 Å². The number of rotatable bonds is 7. The van der Waals surface area contributed by atoms with Crippen molar-refractivity contribution in [1.29, 1.82) is 0 Å². The number of aliphatic hydroxyl groups excluding tert-OH is 1. The number of aromatic nitrogens is 1. The zero-order chi connectivity index (χ0) is 22.1. The Bertz CT molecular complexity index is 988. The molecule has 0 unspecified atom stereocenters. The zero-order valence-corrected chi connectivity index (χ0v) is 18.7. The number of nitrogens with one attached hydrogen (secondary N) is 2. The van der Waals surface area contributed by atoms with Gasteiger partial charge >= 0.3 is 0 Å². The van der Waals surface area contributed by atoms with E-state index >= 15 is 0 Å². The van der Waals surface area contributed by atoms with Crippen LogP contribution in [0, 0.1) is 0 Å². The van der Waals surface area contributed by atoms with Gasteiger partial charge in [0.05, 0.1) is 11.6 Å². The van der Waals surface area contributed by atoms with Crippen molar-refractivity contribution in [2.75, 3.05) is 20.1 Å². The molecule has 4 atom stereocenters. The van der Waals surface area contributed by atoms with Gasteiger partial charge in [-0.05, 0) is 64.1 Å². The Morgan fingerprint density at radius 3 is 2.52 bits per heavy atom. The maximum Gasteiger partial charge on any atom is 0.264 e. The first-order valence-electron chi connectivity index (χ1n) is 11.4. The van der Waals surface area contributed by atoms with E-state index in [1.807, 2.05) is 45.2 Å². The number of piperidine rings is 1. The second-order valence-electron chi connectivity index (χ2n) is 9.32. The summed E-state index contributed by atoms with van der Waals surface area (Å²) >= 11 is 0. The number of carbonyl (C=O) groups excluding carboxylic acids is 1. The molecule has 2 fully saturated rings. The van der Waals surface area contributed by atoms with Crippen molar-refractivity contribution in [3.63, 3.8) is 0 Å². The third-order valence-electron chi connectivity index (χ3n) is 6.79. The van der Waals surface area contributed by atoms with Gasteiger partial charge in [0.1, 0.15) is 5.56 Å². The molecule has 3 heterocycles. The Hall–Kier alpha value is -2.22. The minimum atomic E-state index is -0.383. The number of carbonyl (C=O) groups is 1. The summed E-state index contributed by atoms with van der Waals surface area (Å²) in [6.45, 7) is 5.18. The van der Waals surface area contributed by atoms with Crippen LogP contribution in [0.5, 0.6) is 0 Å². The van der Waals surface area contributed by atoms with E-state index in [1.54, 1.807) is 10.6 Å². The fourth-order valence-electron chi connectivity index (χ4n) is 5.46. The molecule has 2 bridgehead atoms. The van der Waals surface area contributed by atoms with E-state index in [1.165, 1.54) is 0 Å². The van der Waals surface area contributed by atoms with E-state index in [9.17, 15) is 14.7 Å². The van der Waals surface area contributed by atoms with Gasteiger partial charge in [0, 0.05) is 37.3 Å². The summed E-state index contributed by atoms with van der Waals surface area (Å²) in [5.74, 6) is -0.279. The Balaban J connectivity index is 1.51. The summed E-state index contributed by atoms with van der Waals surface area (Å²) in [5.41, 5.74) is 0.832. The summed E-state index contributed by atoms with van der Waals surface area (Å²) < 4.78 is 1.71. The highest BCUT2D eigenvalue weighted by atomic mass is 16.3. The molecule has 0 spiro atoms. The largest absolute Gasteiger partial charge is 0.390 e. The van der Waals surface area contributed by atoms with Crippen molar-refractivity contribution in [3.05, 3.63) is 46.2 Å². The lowest BCUT2D eigenvalue weighted by Gasteiger charge is -2.40. The van der Waals surface area contributed by atoms with E-state index in [0.717, 1.165) is 36.6 Å². The molecule has 2 aliphatic rings. The second-order valence-corrected chi connectivity index (χ2v) is 9.32. The van der Waals surface area contributed by atoms with Crippen LogP contribution in [0.15, 0.2) is 35.1 Å². The SMILES string of the molecule is CNC[C@@H](O)CN1[C@@H]2CC[C@H]1C[C@H](NC(=O)c1cc3ccccc3n(C(C)C)c1=O)C2. The quantitative estimate of drug-likeness (QED) is 0.630. The van der Waals surface area contributed by atoms with Gasteiger partial charge in [-0.25, -0.2) is 0 Å². The molecule has 168 valence electrons. The first-order valence-corrected chi connectivity index (χ1v) is 11.4. The van der Waals surface area contributed by atoms with Crippen molar-refractivity contribution < 1.29 is 9.90 Å². The first kappa shape index (κ1) is 22.0. The molecule has 1 aromatic carbocycles. The minimum absolute atomic E-state index is 0.0340. The van der Waals surface area contributed by atoms with Crippen LogP contribution >= 0.6 is 0 Å². The number of hydrogen-bond acceptors (Lipinski definition) is 5. The summed E-state index contributed by atoms with van der Waals surface area (Å²) in [6.07, 6.45) is 3.53. The van der Waals surface area contributed by atoms with Crippen molar-refractivity contribution in [1.82, 2.24) is 20.1 Å². The lowest BCUT2D eigenvalue weighted by atomic mass is 9.96. The molecule has 0 radical (unpaired) electrons. The molecule has 2 aromatic rings. The summed E-state index contributed by atoms with van der Waals surface area (Å²) in [6, 6.07) is 10.2. The van der Waals surface area contributed by atoms with Gasteiger partial charge in [0.25, 0.3) is 11.5 Å². The molecule has 1 aromatic heterocycles. The number of fused-ring (bicyclic) bond motifs is 3. The highest BCUT2D eigenvalue weighted by Crippen LogP contribution is 2.35. The smallest absolute Gasteiger partial charge is 0.264 e. The fourth-order valence-corrected chi connectivity index (χ4v) is 5.46. The highest BCUT2D eigenvalue weighted by molar-refractivity contribution is 5.97. The number of para-hydroxylation sites is 1. The molecule has 31 heavy (non-hydrogen) atoms. The van der Waals surface area contributed by atoms with Crippen LogP contribution in [0.4, 0.5) is 0 Å². The lowest BCUT2D eigenvalue weighted by molar-refractivity contribution is 0.0511. The van der Waals surface area contributed by atoms with Gasteiger partial charge in [0.2, 0.25) is 0 Å². The van der Waals surface area contributed by atoms with Gasteiger partial charge < -0.3 is 20.3 Å². The molecule has 7 nitrogen and oxygen atoms in total. The van der Waals surface area contributed by atoms with Crippen LogP contribution in [0.1, 0.15) is 55.9 Å². The van der Waals surface area contributed by atoms with Crippen LogP contribution in [-0.4, -0.2) is 64.8 Å². The highest BCUT2D eigenvalue weighted by Gasteiger charge is 2.41. The van der Waals surface area contributed by atoms with Crippen molar-refractivity contribution in [3.8, 4) is 0 Å². The number of hydrogen-bond donors (Lipinski definition) is 3. The maximum absolute atomic E-state index is 13.1. The number of aliphatic hydroxyl groups is 1. The monoisotopic (exact) mass is 426 g/mol. The third kappa shape index (κ3) is 4.40. The molecule has 2 saturated heterocycles. The average Bonchev–Trinajstić information content (AvgIpc) is 2.95. The summed E-state index contributed by atoms with van der Waals surface area (Å²) in [7, 11) is 1.85. The molecule has 0 aliphatic carbocycles. The van der Waals surface area contributed by atoms with Crippen molar-refractivity contribution in [2.24, 2.45) is 0 Å². The predicted molar refractivity (Wildman–Crippen MR) is 123 cm³/mol.